The first-order valence-electron chi connectivity index (χ1n) is 13.9. The number of nitrogens with zero attached hydrogens (tertiary/aromatic N) is 2. The van der Waals surface area contributed by atoms with Crippen molar-refractivity contribution in [2.24, 2.45) is 5.41 Å². The Hall–Kier alpha value is -3.10. The Balaban J connectivity index is 1.39. The summed E-state index contributed by atoms with van der Waals surface area (Å²) in [6, 6.07) is 4.01. The molecule has 13 heteroatoms. The maximum atomic E-state index is 15.2. The molecule has 2 N–H and O–H groups in total. The average molecular weight is 605 g/mol. The maximum Gasteiger partial charge on any atom is 0.319 e. The van der Waals surface area contributed by atoms with E-state index in [2.05, 4.69) is 35.3 Å². The number of halogens is 2. The molecule has 228 valence electrons. The van der Waals surface area contributed by atoms with Gasteiger partial charge in [-0.25, -0.2) is 18.6 Å². The standard InChI is InChI=1S/C29H38F2N4O6Si/c1-28(14-39-15-28)13-33-27(36)34-19-10-21(30)25(22(31)11-19)41-23-6-7-32-26-24(23)20(29(37-2)16-40-17-29)12-35(26)18-38-8-9-42(3,4)5/h6-7,10-12H,8-9,13-18H2,1-5H3,(H2,33,34,36). The third-order valence-electron chi connectivity index (χ3n) is 7.54. The molecule has 2 amide bonds. The molecule has 42 heavy (non-hydrogen) atoms. The van der Waals surface area contributed by atoms with E-state index in [9.17, 15) is 4.79 Å². The van der Waals surface area contributed by atoms with Gasteiger partial charge in [-0.2, -0.15) is 0 Å². The van der Waals surface area contributed by atoms with Gasteiger partial charge in [0.05, 0.1) is 31.8 Å². The van der Waals surface area contributed by atoms with E-state index in [1.165, 1.54) is 6.20 Å². The first kappa shape index (κ1) is 30.4. The van der Waals surface area contributed by atoms with Crippen molar-refractivity contribution < 1.29 is 37.3 Å². The number of benzene rings is 1. The minimum absolute atomic E-state index is 0.0444. The van der Waals surface area contributed by atoms with Crippen molar-refractivity contribution in [1.29, 1.82) is 0 Å². The number of rotatable bonds is 12. The molecule has 0 aliphatic carbocycles. The lowest BCUT2D eigenvalue weighted by Gasteiger charge is -2.40. The van der Waals surface area contributed by atoms with Gasteiger partial charge in [0.25, 0.3) is 0 Å². The van der Waals surface area contributed by atoms with Crippen LogP contribution in [0, 0.1) is 17.0 Å². The summed E-state index contributed by atoms with van der Waals surface area (Å²) >= 11 is 0. The van der Waals surface area contributed by atoms with Gasteiger partial charge in [-0.3, -0.25) is 0 Å². The van der Waals surface area contributed by atoms with Gasteiger partial charge in [0, 0.05) is 69.5 Å². The number of ether oxygens (including phenoxy) is 5. The zero-order valence-corrected chi connectivity index (χ0v) is 25.6. The van der Waals surface area contributed by atoms with E-state index in [0.29, 0.717) is 50.6 Å². The lowest BCUT2D eigenvalue weighted by molar-refractivity contribution is -0.201. The third kappa shape index (κ3) is 6.44. The van der Waals surface area contributed by atoms with E-state index in [0.717, 1.165) is 23.7 Å². The maximum absolute atomic E-state index is 15.2. The number of hydrogen-bond donors (Lipinski definition) is 2. The molecular weight excluding hydrogens is 566 g/mol. The highest BCUT2D eigenvalue weighted by atomic mass is 28.3. The van der Waals surface area contributed by atoms with Crippen molar-refractivity contribution in [3.63, 3.8) is 0 Å². The first-order valence-corrected chi connectivity index (χ1v) is 17.6. The summed E-state index contributed by atoms with van der Waals surface area (Å²) in [5.41, 5.74) is 0.303. The number of methoxy groups -OCH3 is 1. The average Bonchev–Trinajstić information content (AvgIpc) is 3.25. The number of fused-ring (bicyclic) bond motifs is 1. The van der Waals surface area contributed by atoms with Gasteiger partial charge in [-0.15, -0.1) is 0 Å². The summed E-state index contributed by atoms with van der Waals surface area (Å²) in [5.74, 6) is -2.35. The zero-order valence-electron chi connectivity index (χ0n) is 24.6. The number of anilines is 1. The Morgan fingerprint density at radius 2 is 1.83 bits per heavy atom. The fourth-order valence-electron chi connectivity index (χ4n) is 4.79. The molecule has 5 rings (SSSR count). The van der Waals surface area contributed by atoms with Gasteiger partial charge in [0.1, 0.15) is 23.7 Å². The van der Waals surface area contributed by atoms with Crippen LogP contribution in [0.15, 0.2) is 30.6 Å². The highest BCUT2D eigenvalue weighted by Crippen LogP contribution is 2.43. The van der Waals surface area contributed by atoms with Crippen molar-refractivity contribution in [2.75, 3.05) is 52.0 Å². The predicted octanol–water partition coefficient (Wildman–Crippen LogP) is 5.45. The van der Waals surface area contributed by atoms with E-state index < -0.39 is 37.1 Å². The van der Waals surface area contributed by atoms with Crippen molar-refractivity contribution in [1.82, 2.24) is 14.9 Å². The van der Waals surface area contributed by atoms with Crippen LogP contribution in [0.2, 0.25) is 25.7 Å². The lowest BCUT2D eigenvalue weighted by Crippen LogP contribution is -2.49. The molecule has 2 fully saturated rings. The van der Waals surface area contributed by atoms with Crippen molar-refractivity contribution in [2.45, 2.75) is 44.9 Å². The second kappa shape index (κ2) is 11.9. The largest absolute Gasteiger partial charge is 0.450 e. The number of nitrogens with one attached hydrogen (secondary N) is 2. The first-order chi connectivity index (χ1) is 19.9. The Morgan fingerprint density at radius 3 is 2.40 bits per heavy atom. The minimum atomic E-state index is -1.27. The van der Waals surface area contributed by atoms with Crippen LogP contribution in [-0.2, 0) is 31.3 Å². The normalized spacial score (nSPS) is 17.4. The van der Waals surface area contributed by atoms with Crippen molar-refractivity contribution in [3.05, 3.63) is 47.8 Å². The molecule has 4 heterocycles. The Labute approximate surface area is 244 Å². The highest BCUT2D eigenvalue weighted by molar-refractivity contribution is 6.76. The van der Waals surface area contributed by atoms with Gasteiger partial charge in [-0.05, 0) is 12.1 Å². The lowest BCUT2D eigenvalue weighted by atomic mass is 9.89. The summed E-state index contributed by atoms with van der Waals surface area (Å²) in [7, 11) is 0.319. The number of amides is 2. The smallest absolute Gasteiger partial charge is 0.319 e. The van der Waals surface area contributed by atoms with E-state index in [1.807, 2.05) is 17.7 Å². The summed E-state index contributed by atoms with van der Waals surface area (Å²) in [6.45, 7) is 11.8. The van der Waals surface area contributed by atoms with Gasteiger partial charge < -0.3 is 38.9 Å². The van der Waals surface area contributed by atoms with Gasteiger partial charge in [-0.1, -0.05) is 26.6 Å². The summed E-state index contributed by atoms with van der Waals surface area (Å²) < 4.78 is 60.7. The Kier molecular flexibility index (Phi) is 8.59. The second-order valence-electron chi connectivity index (χ2n) is 12.5. The van der Waals surface area contributed by atoms with Gasteiger partial charge in [0.15, 0.2) is 17.4 Å². The molecule has 2 aliphatic heterocycles. The minimum Gasteiger partial charge on any atom is -0.450 e. The van der Waals surface area contributed by atoms with E-state index >= 15 is 8.78 Å². The third-order valence-corrected chi connectivity index (χ3v) is 9.25. The molecule has 2 aliphatic rings. The SMILES string of the molecule is COC1(c2cn(COCC[Si](C)(C)C)c3nccc(Oc4c(F)cc(NC(=O)NCC5(C)COC5)cc4F)c23)COC1. The molecule has 2 saturated heterocycles. The molecule has 3 aromatic rings. The number of carbonyl (C=O) groups excluding carboxylic acids is 1. The summed E-state index contributed by atoms with van der Waals surface area (Å²) in [4.78, 5) is 16.8. The Bertz CT molecular complexity index is 1420. The molecule has 0 spiro atoms. The van der Waals surface area contributed by atoms with E-state index in [-0.39, 0.29) is 23.6 Å². The van der Waals surface area contributed by atoms with Crippen LogP contribution in [0.3, 0.4) is 0 Å². The number of carbonyl (C=O) groups is 1. The fraction of sp³-hybridized carbons (Fsp3) is 0.517. The number of urea groups is 1. The van der Waals surface area contributed by atoms with E-state index in [4.69, 9.17) is 23.7 Å². The molecule has 0 unspecified atom stereocenters. The van der Waals surface area contributed by atoms with Gasteiger partial charge in [0.2, 0.25) is 0 Å². The van der Waals surface area contributed by atoms with E-state index in [1.54, 1.807) is 13.2 Å². The highest BCUT2D eigenvalue weighted by Gasteiger charge is 2.44. The number of aromatic nitrogens is 2. The van der Waals surface area contributed by atoms with Crippen LogP contribution in [-0.4, -0.2) is 70.3 Å². The number of pyridine rings is 1. The molecule has 0 atom stereocenters. The Morgan fingerprint density at radius 1 is 1.14 bits per heavy atom. The topological polar surface area (TPSA) is 105 Å². The summed E-state index contributed by atoms with van der Waals surface area (Å²) in [5, 5.41) is 5.72. The van der Waals surface area contributed by atoms with Crippen LogP contribution in [0.5, 0.6) is 11.5 Å². The fourth-order valence-corrected chi connectivity index (χ4v) is 5.54. The number of hydrogen-bond acceptors (Lipinski definition) is 7. The van der Waals surface area contributed by atoms with Crippen molar-refractivity contribution >= 4 is 30.8 Å². The molecule has 0 bridgehead atoms. The van der Waals surface area contributed by atoms with Crippen LogP contribution in [0.25, 0.3) is 11.0 Å². The van der Waals surface area contributed by atoms with Crippen LogP contribution < -0.4 is 15.4 Å². The van der Waals surface area contributed by atoms with Crippen LogP contribution in [0.4, 0.5) is 19.3 Å². The predicted molar refractivity (Wildman–Crippen MR) is 156 cm³/mol. The molecule has 0 saturated carbocycles. The molecule has 2 aromatic heterocycles. The monoisotopic (exact) mass is 604 g/mol. The summed E-state index contributed by atoms with van der Waals surface area (Å²) in [6.07, 6.45) is 3.39. The van der Waals surface area contributed by atoms with Gasteiger partial charge >= 0.3 is 6.03 Å². The van der Waals surface area contributed by atoms with Crippen molar-refractivity contribution in [3.8, 4) is 11.5 Å². The van der Waals surface area contributed by atoms with Crippen LogP contribution in [0.1, 0.15) is 12.5 Å². The molecule has 1 aromatic carbocycles. The molecule has 10 nitrogen and oxygen atoms in total. The molecular formula is C29H38F2N4O6Si. The quantitative estimate of drug-likeness (QED) is 0.209. The second-order valence-corrected chi connectivity index (χ2v) is 18.2. The molecule has 0 radical (unpaired) electrons. The van der Waals surface area contributed by atoms with Crippen LogP contribution >= 0.6 is 0 Å². The zero-order chi connectivity index (χ0) is 30.1.